The third kappa shape index (κ3) is 2.41. The van der Waals surface area contributed by atoms with Gasteiger partial charge in [0.15, 0.2) is 0 Å². The average molecular weight is 227 g/mol. The van der Waals surface area contributed by atoms with Crippen LogP contribution in [0.2, 0.25) is 0 Å². The van der Waals surface area contributed by atoms with E-state index in [0.717, 1.165) is 10.6 Å². The molecule has 0 aliphatic rings. The average Bonchev–Trinajstić information content (AvgIpc) is 2.26. The van der Waals surface area contributed by atoms with E-state index in [0.29, 0.717) is 11.4 Å². The van der Waals surface area contributed by atoms with Crippen molar-refractivity contribution in [2.75, 3.05) is 20.5 Å². The van der Waals surface area contributed by atoms with Gasteiger partial charge in [-0.05, 0) is 19.2 Å². The van der Waals surface area contributed by atoms with Gasteiger partial charge in [0.2, 0.25) is 5.88 Å². The Morgan fingerprint density at radius 3 is 2.60 bits per heavy atom. The van der Waals surface area contributed by atoms with Crippen LogP contribution < -0.4 is 4.74 Å². The normalized spacial score (nSPS) is 9.87. The van der Waals surface area contributed by atoms with Crippen LogP contribution in [0.4, 0.5) is 0 Å². The summed E-state index contributed by atoms with van der Waals surface area (Å²) < 4.78 is 9.76. The van der Waals surface area contributed by atoms with Crippen molar-refractivity contribution in [3.8, 4) is 5.88 Å². The van der Waals surface area contributed by atoms with E-state index in [1.54, 1.807) is 0 Å². The molecule has 0 aromatic carbocycles. The Kier molecular flexibility index (Phi) is 3.96. The summed E-state index contributed by atoms with van der Waals surface area (Å²) in [5.41, 5.74) is 1.20. The highest BCUT2D eigenvalue weighted by atomic mass is 32.2. The van der Waals surface area contributed by atoms with E-state index in [-0.39, 0.29) is 0 Å². The van der Waals surface area contributed by atoms with Crippen molar-refractivity contribution in [2.24, 2.45) is 0 Å². The van der Waals surface area contributed by atoms with Gasteiger partial charge in [-0.3, -0.25) is 0 Å². The highest BCUT2D eigenvalue weighted by Crippen LogP contribution is 2.28. The summed E-state index contributed by atoms with van der Waals surface area (Å²) in [4.78, 5) is 16.5. The van der Waals surface area contributed by atoms with Gasteiger partial charge in [-0.2, -0.15) is 0 Å². The maximum Gasteiger partial charge on any atom is 0.344 e. The SMILES string of the molecule is COC(=O)c1c(SC)cc(C)nc1OC. The Hall–Kier alpha value is -1.23. The molecule has 5 heteroatoms. The molecule has 0 atom stereocenters. The fourth-order valence-corrected chi connectivity index (χ4v) is 1.88. The summed E-state index contributed by atoms with van der Waals surface area (Å²) in [5, 5.41) is 0. The molecular formula is C10H13NO3S. The smallest absolute Gasteiger partial charge is 0.344 e. The number of rotatable bonds is 3. The summed E-state index contributed by atoms with van der Waals surface area (Å²) in [7, 11) is 2.82. The van der Waals surface area contributed by atoms with E-state index in [4.69, 9.17) is 4.74 Å². The predicted molar refractivity (Wildman–Crippen MR) is 58.6 cm³/mol. The van der Waals surface area contributed by atoms with Crippen LogP contribution in [0.1, 0.15) is 16.1 Å². The van der Waals surface area contributed by atoms with E-state index in [2.05, 4.69) is 9.72 Å². The van der Waals surface area contributed by atoms with Crippen LogP contribution in [0.15, 0.2) is 11.0 Å². The molecule has 1 rings (SSSR count). The Morgan fingerprint density at radius 2 is 2.13 bits per heavy atom. The number of thioether (sulfide) groups is 1. The van der Waals surface area contributed by atoms with Crippen molar-refractivity contribution in [1.82, 2.24) is 4.98 Å². The number of aryl methyl sites for hydroxylation is 1. The highest BCUT2D eigenvalue weighted by molar-refractivity contribution is 7.98. The Labute approximate surface area is 93.0 Å². The van der Waals surface area contributed by atoms with E-state index in [1.807, 2.05) is 19.2 Å². The summed E-state index contributed by atoms with van der Waals surface area (Å²) in [5.74, 6) is -0.116. The minimum absolute atomic E-state index is 0.311. The topological polar surface area (TPSA) is 48.4 Å². The molecule has 4 nitrogen and oxygen atoms in total. The molecule has 0 aliphatic heterocycles. The quantitative estimate of drug-likeness (QED) is 0.583. The fraction of sp³-hybridized carbons (Fsp3) is 0.400. The van der Waals surface area contributed by atoms with Crippen LogP contribution in [0.5, 0.6) is 5.88 Å². The van der Waals surface area contributed by atoms with Gasteiger partial charge < -0.3 is 9.47 Å². The molecule has 0 radical (unpaired) electrons. The molecule has 0 saturated heterocycles. The Bertz CT molecular complexity index is 354. The molecule has 0 amide bonds. The molecule has 0 unspecified atom stereocenters. The first-order valence-electron chi connectivity index (χ1n) is 4.32. The molecule has 0 aliphatic carbocycles. The second-order valence-corrected chi connectivity index (χ2v) is 3.69. The second-order valence-electron chi connectivity index (χ2n) is 2.84. The number of esters is 1. The third-order valence-corrected chi connectivity index (χ3v) is 2.64. The lowest BCUT2D eigenvalue weighted by atomic mass is 10.2. The number of aromatic nitrogens is 1. The van der Waals surface area contributed by atoms with Gasteiger partial charge in [0, 0.05) is 10.6 Å². The van der Waals surface area contributed by atoms with E-state index >= 15 is 0 Å². The van der Waals surface area contributed by atoms with Crippen molar-refractivity contribution < 1.29 is 14.3 Å². The second kappa shape index (κ2) is 5.02. The molecular weight excluding hydrogens is 214 g/mol. The van der Waals surface area contributed by atoms with Crippen LogP contribution >= 0.6 is 11.8 Å². The number of ether oxygens (including phenoxy) is 2. The van der Waals surface area contributed by atoms with Crippen LogP contribution in [-0.4, -0.2) is 31.4 Å². The first-order valence-corrected chi connectivity index (χ1v) is 5.54. The van der Waals surface area contributed by atoms with Gasteiger partial charge in [-0.25, -0.2) is 9.78 Å². The zero-order chi connectivity index (χ0) is 11.4. The van der Waals surface area contributed by atoms with Gasteiger partial charge in [-0.15, -0.1) is 11.8 Å². The van der Waals surface area contributed by atoms with Crippen molar-refractivity contribution in [2.45, 2.75) is 11.8 Å². The number of pyridine rings is 1. The lowest BCUT2D eigenvalue weighted by Gasteiger charge is -2.10. The lowest BCUT2D eigenvalue weighted by Crippen LogP contribution is -2.08. The monoisotopic (exact) mass is 227 g/mol. The van der Waals surface area contributed by atoms with Crippen LogP contribution in [-0.2, 0) is 4.74 Å². The molecule has 82 valence electrons. The zero-order valence-electron chi connectivity index (χ0n) is 9.16. The van der Waals surface area contributed by atoms with Gasteiger partial charge >= 0.3 is 5.97 Å². The first-order chi connectivity index (χ1) is 7.13. The van der Waals surface area contributed by atoms with Crippen molar-refractivity contribution >= 4 is 17.7 Å². The molecule has 0 saturated carbocycles. The molecule has 15 heavy (non-hydrogen) atoms. The fourth-order valence-electron chi connectivity index (χ4n) is 1.21. The summed E-state index contributed by atoms with van der Waals surface area (Å²) in [6.45, 7) is 1.85. The van der Waals surface area contributed by atoms with E-state index in [9.17, 15) is 4.79 Å². The third-order valence-electron chi connectivity index (χ3n) is 1.88. The molecule has 0 N–H and O–H groups in total. The largest absolute Gasteiger partial charge is 0.480 e. The number of hydrogen-bond acceptors (Lipinski definition) is 5. The summed E-state index contributed by atoms with van der Waals surface area (Å²) in [6, 6.07) is 1.83. The molecule has 0 bridgehead atoms. The first kappa shape index (κ1) is 11.8. The number of carbonyl (C=O) groups is 1. The highest BCUT2D eigenvalue weighted by Gasteiger charge is 2.19. The number of nitrogens with zero attached hydrogens (tertiary/aromatic N) is 1. The number of carbonyl (C=O) groups excluding carboxylic acids is 1. The summed E-state index contributed by atoms with van der Waals surface area (Å²) in [6.07, 6.45) is 1.89. The van der Waals surface area contributed by atoms with E-state index in [1.165, 1.54) is 26.0 Å². The van der Waals surface area contributed by atoms with Crippen LogP contribution in [0.3, 0.4) is 0 Å². The molecule has 0 spiro atoms. The maximum atomic E-state index is 11.5. The van der Waals surface area contributed by atoms with Crippen molar-refractivity contribution in [1.29, 1.82) is 0 Å². The molecule has 0 fully saturated rings. The maximum absolute atomic E-state index is 11.5. The number of methoxy groups -OCH3 is 2. The van der Waals surface area contributed by atoms with Crippen molar-refractivity contribution in [3.63, 3.8) is 0 Å². The minimum Gasteiger partial charge on any atom is -0.480 e. The van der Waals surface area contributed by atoms with Gasteiger partial charge in [0.05, 0.1) is 14.2 Å². The minimum atomic E-state index is -0.427. The molecule has 1 heterocycles. The Morgan fingerprint density at radius 1 is 1.47 bits per heavy atom. The standard InChI is InChI=1S/C10H13NO3S/c1-6-5-7(15-4)8(10(12)14-3)9(11-6)13-2/h5H,1-4H3. The Balaban J connectivity index is 3.36. The molecule has 1 aromatic heterocycles. The lowest BCUT2D eigenvalue weighted by molar-refractivity contribution is 0.0592. The predicted octanol–water partition coefficient (Wildman–Crippen LogP) is 1.91. The molecule has 1 aromatic rings. The van der Waals surface area contributed by atoms with Crippen LogP contribution in [0.25, 0.3) is 0 Å². The van der Waals surface area contributed by atoms with Gasteiger partial charge in [-0.1, -0.05) is 0 Å². The van der Waals surface area contributed by atoms with Gasteiger partial charge in [0.25, 0.3) is 0 Å². The number of hydrogen-bond donors (Lipinski definition) is 0. The zero-order valence-corrected chi connectivity index (χ0v) is 9.97. The summed E-state index contributed by atoms with van der Waals surface area (Å²) >= 11 is 1.46. The van der Waals surface area contributed by atoms with E-state index < -0.39 is 5.97 Å². The van der Waals surface area contributed by atoms with Crippen LogP contribution in [0, 0.1) is 6.92 Å². The van der Waals surface area contributed by atoms with Gasteiger partial charge in [0.1, 0.15) is 5.56 Å². The van der Waals surface area contributed by atoms with Crippen molar-refractivity contribution in [3.05, 3.63) is 17.3 Å².